The molecule has 1 aromatic heterocycles. The maximum Gasteiger partial charge on any atom is 0.166 e. The fraction of sp³-hybridized carbons (Fsp3) is 0.375. The Bertz CT molecular complexity index is 954. The highest BCUT2D eigenvalue weighted by Gasteiger charge is 2.10. The molecule has 0 radical (unpaired) electrons. The normalized spacial score (nSPS) is 11.3. The van der Waals surface area contributed by atoms with Crippen molar-refractivity contribution < 1.29 is 9.22 Å². The molecule has 0 fully saturated rings. The van der Waals surface area contributed by atoms with Gasteiger partial charge < -0.3 is 9.79 Å². The first-order chi connectivity index (χ1) is 14.5. The van der Waals surface area contributed by atoms with Crippen LogP contribution < -0.4 is 4.89 Å². The van der Waals surface area contributed by atoms with Gasteiger partial charge in [-0.25, -0.2) is 4.98 Å². The summed E-state index contributed by atoms with van der Waals surface area (Å²) < 4.78 is 4.90. The van der Waals surface area contributed by atoms with Gasteiger partial charge in [0.05, 0.1) is 10.7 Å². The van der Waals surface area contributed by atoms with Crippen LogP contribution in [0.25, 0.3) is 11.3 Å². The molecule has 3 rings (SSSR count). The van der Waals surface area contributed by atoms with E-state index in [1.54, 1.807) is 11.3 Å². The Kier molecular flexibility index (Phi) is 8.33. The van der Waals surface area contributed by atoms with Crippen molar-refractivity contribution in [3.8, 4) is 17.0 Å². The van der Waals surface area contributed by atoms with E-state index in [0.29, 0.717) is 5.75 Å². The predicted molar refractivity (Wildman–Crippen MR) is 128 cm³/mol. The number of aromatic nitrogens is 1. The van der Waals surface area contributed by atoms with E-state index in [1.807, 2.05) is 30.5 Å². The average Bonchev–Trinajstić information content (AvgIpc) is 3.22. The fourth-order valence-electron chi connectivity index (χ4n) is 3.31. The van der Waals surface area contributed by atoms with Crippen LogP contribution >= 0.6 is 23.4 Å². The van der Waals surface area contributed by atoms with E-state index in [1.165, 1.54) is 34.3 Å². The second-order valence-corrected chi connectivity index (χ2v) is 8.91. The molecule has 0 unspecified atom stereocenters. The largest absolute Gasteiger partial charge is 0.325 e. The Hall–Kier alpha value is -1.86. The number of aryl methyl sites for hydroxylation is 2. The molecule has 6 heteroatoms. The van der Waals surface area contributed by atoms with E-state index in [2.05, 4.69) is 50.2 Å². The van der Waals surface area contributed by atoms with Crippen LogP contribution in [0, 0.1) is 13.8 Å². The Morgan fingerprint density at radius 2 is 1.77 bits per heavy atom. The fourth-order valence-corrected chi connectivity index (χ4v) is 4.28. The van der Waals surface area contributed by atoms with Crippen molar-refractivity contribution in [1.82, 2.24) is 9.88 Å². The molecule has 1 heterocycles. The van der Waals surface area contributed by atoms with E-state index in [4.69, 9.17) is 14.2 Å². The number of benzene rings is 2. The Labute approximate surface area is 188 Å². The molecule has 0 aliphatic rings. The van der Waals surface area contributed by atoms with E-state index in [-0.39, 0.29) is 0 Å². The summed E-state index contributed by atoms with van der Waals surface area (Å²) >= 11 is 2.89. The van der Waals surface area contributed by atoms with Gasteiger partial charge in [-0.2, -0.15) is 0 Å². The third kappa shape index (κ3) is 6.08. The van der Waals surface area contributed by atoms with Crippen LogP contribution in [0.15, 0.2) is 41.8 Å². The first-order valence-corrected chi connectivity index (χ1v) is 12.2. The van der Waals surface area contributed by atoms with Crippen molar-refractivity contribution >= 4 is 23.4 Å². The topological polar surface area (TPSA) is 34.6 Å². The Morgan fingerprint density at radius 1 is 1.07 bits per heavy atom. The van der Waals surface area contributed by atoms with Crippen LogP contribution in [0.2, 0.25) is 0 Å². The molecular weight excluding hydrogens is 412 g/mol. The van der Waals surface area contributed by atoms with E-state index in [9.17, 15) is 0 Å². The summed E-state index contributed by atoms with van der Waals surface area (Å²) in [6.07, 6.45) is 3.78. The molecule has 0 aliphatic carbocycles. The number of rotatable bonds is 10. The molecule has 160 valence electrons. The van der Waals surface area contributed by atoms with E-state index >= 15 is 0 Å². The van der Waals surface area contributed by atoms with Crippen molar-refractivity contribution in [2.75, 3.05) is 26.4 Å². The molecule has 0 amide bonds. The van der Waals surface area contributed by atoms with Gasteiger partial charge in [-0.1, -0.05) is 19.1 Å². The third-order valence-electron chi connectivity index (χ3n) is 5.34. The summed E-state index contributed by atoms with van der Waals surface area (Å²) in [6.45, 7) is 8.82. The number of thiazole rings is 1. The van der Waals surface area contributed by atoms with Gasteiger partial charge in [0.1, 0.15) is 0 Å². The maximum atomic E-state index is 5.14. The van der Waals surface area contributed by atoms with E-state index < -0.39 is 0 Å². The zero-order valence-electron chi connectivity index (χ0n) is 18.4. The van der Waals surface area contributed by atoms with Crippen LogP contribution in [0.5, 0.6) is 5.75 Å². The monoisotopic (exact) mass is 442 g/mol. The van der Waals surface area contributed by atoms with E-state index in [0.717, 1.165) is 42.2 Å². The molecule has 4 nitrogen and oxygen atoms in total. The Balaban J connectivity index is 1.68. The molecule has 0 saturated carbocycles. The minimum atomic E-state index is 0.680. The molecule has 30 heavy (non-hydrogen) atoms. The first kappa shape index (κ1) is 22.8. The third-order valence-corrected chi connectivity index (χ3v) is 6.39. The summed E-state index contributed by atoms with van der Waals surface area (Å²) in [6, 6.07) is 12.5. The second-order valence-electron chi connectivity index (χ2n) is 7.50. The highest BCUT2D eigenvalue weighted by molar-refractivity contribution is 7.93. The molecule has 3 aromatic rings. The molecular formula is C24H30N2O2S2. The molecule has 0 spiro atoms. The van der Waals surface area contributed by atoms with Crippen LogP contribution in [0.3, 0.4) is 0 Å². The van der Waals surface area contributed by atoms with Crippen molar-refractivity contribution in [3.05, 3.63) is 69.0 Å². The minimum Gasteiger partial charge on any atom is -0.325 e. The van der Waals surface area contributed by atoms with Gasteiger partial charge in [0.25, 0.3) is 0 Å². The van der Waals surface area contributed by atoms with Crippen molar-refractivity contribution in [2.45, 2.75) is 33.6 Å². The van der Waals surface area contributed by atoms with Crippen molar-refractivity contribution in [3.63, 3.8) is 0 Å². The standard InChI is InChI=1S/C24H30N2O2S2/c1-6-26(4)12-11-20-13-18(3)21(14-17(20)2)15-24-25-23(16-30-24)19-7-9-22(10-8-19)27-28-29-5/h7-10,13-14,16H,6,11-12,15H2,1-5H3. The van der Waals surface area contributed by atoms with Crippen LogP contribution in [-0.4, -0.2) is 36.3 Å². The minimum absolute atomic E-state index is 0.680. The summed E-state index contributed by atoms with van der Waals surface area (Å²) in [5.41, 5.74) is 7.61. The summed E-state index contributed by atoms with van der Waals surface area (Å²) in [5, 5.41) is 3.26. The van der Waals surface area contributed by atoms with Gasteiger partial charge in [0.2, 0.25) is 0 Å². The average molecular weight is 443 g/mol. The Morgan fingerprint density at radius 3 is 2.47 bits per heavy atom. The molecule has 2 aromatic carbocycles. The van der Waals surface area contributed by atoms with Gasteiger partial charge in [0.15, 0.2) is 5.75 Å². The summed E-state index contributed by atoms with van der Waals surface area (Å²) in [7, 11) is 2.18. The number of nitrogens with zero attached hydrogens (tertiary/aromatic N) is 2. The molecule has 0 N–H and O–H groups in total. The van der Waals surface area contributed by atoms with Crippen LogP contribution in [-0.2, 0) is 17.2 Å². The number of hydrogen-bond acceptors (Lipinski definition) is 6. The molecule has 0 aliphatic heterocycles. The lowest BCUT2D eigenvalue weighted by molar-refractivity contribution is -0.0770. The summed E-state index contributed by atoms with van der Waals surface area (Å²) in [5.74, 6) is 0.680. The van der Waals surface area contributed by atoms with Gasteiger partial charge in [-0.15, -0.1) is 15.7 Å². The number of hydrogen-bond donors (Lipinski definition) is 0. The number of likely N-dealkylation sites (N-methyl/N-ethyl adjacent to an activating group) is 1. The lowest BCUT2D eigenvalue weighted by atomic mass is 9.96. The van der Waals surface area contributed by atoms with Crippen LogP contribution in [0.4, 0.5) is 0 Å². The second kappa shape index (κ2) is 11.0. The van der Waals surface area contributed by atoms with Gasteiger partial charge in [-0.05, 0) is 80.4 Å². The zero-order valence-corrected chi connectivity index (χ0v) is 20.0. The highest BCUT2D eigenvalue weighted by Crippen LogP contribution is 2.27. The first-order valence-electron chi connectivity index (χ1n) is 10.2. The van der Waals surface area contributed by atoms with Gasteiger partial charge >= 0.3 is 0 Å². The SMILES string of the molecule is CCN(C)CCc1cc(C)c(Cc2nc(-c3ccc(OOSC)cc3)cs2)cc1C. The van der Waals surface area contributed by atoms with Crippen LogP contribution in [0.1, 0.15) is 34.2 Å². The molecule has 0 saturated heterocycles. The lowest BCUT2D eigenvalue weighted by Gasteiger charge is -2.16. The van der Waals surface area contributed by atoms with Gasteiger partial charge in [-0.3, -0.25) is 0 Å². The van der Waals surface area contributed by atoms with Gasteiger partial charge in [0, 0.05) is 42.2 Å². The quantitative estimate of drug-likeness (QED) is 0.215. The van der Waals surface area contributed by atoms with Crippen molar-refractivity contribution in [1.29, 1.82) is 0 Å². The highest BCUT2D eigenvalue weighted by atomic mass is 32.2. The van der Waals surface area contributed by atoms with Crippen molar-refractivity contribution in [2.24, 2.45) is 0 Å². The smallest absolute Gasteiger partial charge is 0.166 e. The molecule has 0 atom stereocenters. The lowest BCUT2D eigenvalue weighted by Crippen LogP contribution is -2.20. The predicted octanol–water partition coefficient (Wildman–Crippen LogP) is 6.10. The molecule has 0 bridgehead atoms. The summed E-state index contributed by atoms with van der Waals surface area (Å²) in [4.78, 5) is 12.4. The zero-order chi connectivity index (χ0) is 21.5. The maximum absolute atomic E-state index is 5.14.